The van der Waals surface area contributed by atoms with Crippen LogP contribution < -0.4 is 10.6 Å². The molecule has 3 amide bonds. The molecule has 3 heterocycles. The molecule has 3 N–H and O–H groups in total. The fourth-order valence-corrected chi connectivity index (χ4v) is 6.51. The number of ether oxygens (including phenoxy) is 1. The average Bonchev–Trinajstić information content (AvgIpc) is 3.42. The van der Waals surface area contributed by atoms with E-state index < -0.39 is 29.1 Å². The number of nitrogens with one attached hydrogen (secondary N) is 2. The van der Waals surface area contributed by atoms with Crippen LogP contribution in [0.4, 0.5) is 5.69 Å². The molecule has 0 aromatic heterocycles. The third-order valence-electron chi connectivity index (χ3n) is 7.79. The predicted octanol–water partition coefficient (Wildman–Crippen LogP) is 2.65. The highest BCUT2D eigenvalue weighted by Gasteiger charge is 2.78. The number of halogens is 1. The molecule has 3 aliphatic heterocycles. The number of carbonyl (C=O) groups excluding carboxylic acids is 3. The second kappa shape index (κ2) is 9.47. The maximum atomic E-state index is 13.8. The van der Waals surface area contributed by atoms with Gasteiger partial charge in [0, 0.05) is 19.7 Å². The summed E-state index contributed by atoms with van der Waals surface area (Å²) in [6, 6.07) is 4.45. The normalized spacial score (nSPS) is 31.6. The molecule has 3 fully saturated rings. The van der Waals surface area contributed by atoms with Crippen molar-refractivity contribution in [1.29, 1.82) is 0 Å². The van der Waals surface area contributed by atoms with Gasteiger partial charge in [0.15, 0.2) is 0 Å². The number of hydrogen-bond donors (Lipinski definition) is 3. The summed E-state index contributed by atoms with van der Waals surface area (Å²) in [7, 11) is 0. The van der Waals surface area contributed by atoms with Gasteiger partial charge in [0.25, 0.3) is 0 Å². The van der Waals surface area contributed by atoms with Crippen molar-refractivity contribution in [3.63, 3.8) is 0 Å². The summed E-state index contributed by atoms with van der Waals surface area (Å²) in [5.74, 6) is -2.21. The van der Waals surface area contributed by atoms with Crippen LogP contribution in [0.1, 0.15) is 51.5 Å². The first-order chi connectivity index (χ1) is 16.3. The summed E-state index contributed by atoms with van der Waals surface area (Å²) in [5.41, 5.74) is -0.547. The quantitative estimate of drug-likeness (QED) is 0.492. The molecule has 1 spiro atoms. The summed E-state index contributed by atoms with van der Waals surface area (Å²) in [6.45, 7) is 6.41. The van der Waals surface area contributed by atoms with E-state index in [1.807, 2.05) is 26.8 Å². The van der Waals surface area contributed by atoms with Crippen molar-refractivity contribution in [3.8, 4) is 0 Å². The van der Waals surface area contributed by atoms with Gasteiger partial charge in [-0.3, -0.25) is 14.4 Å². The van der Waals surface area contributed by atoms with E-state index in [1.165, 1.54) is 4.90 Å². The molecule has 3 aliphatic rings. The lowest BCUT2D eigenvalue weighted by atomic mass is 9.65. The zero-order valence-corrected chi connectivity index (χ0v) is 20.8. The van der Waals surface area contributed by atoms with E-state index in [4.69, 9.17) is 16.3 Å². The molecule has 0 aliphatic carbocycles. The van der Waals surface area contributed by atoms with Gasteiger partial charge in [-0.2, -0.15) is 0 Å². The van der Waals surface area contributed by atoms with Gasteiger partial charge in [0.1, 0.15) is 11.6 Å². The number of nitrogens with zero attached hydrogens (tertiary/aromatic N) is 1. The number of likely N-dealkylation sites (tertiary alicyclic amines) is 1. The Kier molecular flexibility index (Phi) is 6.95. The van der Waals surface area contributed by atoms with Crippen molar-refractivity contribution in [2.75, 3.05) is 25.0 Å². The van der Waals surface area contributed by atoms with E-state index >= 15 is 0 Å². The number of amides is 3. The molecule has 8 nitrogen and oxygen atoms in total. The van der Waals surface area contributed by atoms with Crippen LogP contribution in [-0.2, 0) is 19.1 Å². The molecule has 4 rings (SSSR count). The number of carbonyl (C=O) groups is 3. The van der Waals surface area contributed by atoms with Gasteiger partial charge < -0.3 is 25.4 Å². The number of para-hydroxylation sites is 1. The first-order valence-electron chi connectivity index (χ1n) is 12.2. The molecular formula is C25H34ClN3O5. The molecule has 1 aromatic carbocycles. The van der Waals surface area contributed by atoms with Gasteiger partial charge in [0.05, 0.1) is 28.1 Å². The first kappa shape index (κ1) is 24.9. The second-order valence-corrected chi connectivity index (χ2v) is 10.1. The van der Waals surface area contributed by atoms with E-state index in [0.29, 0.717) is 42.9 Å². The third kappa shape index (κ3) is 3.71. The maximum absolute atomic E-state index is 13.8. The lowest BCUT2D eigenvalue weighted by Crippen LogP contribution is -2.53. The van der Waals surface area contributed by atoms with E-state index in [2.05, 4.69) is 10.6 Å². The van der Waals surface area contributed by atoms with Crippen molar-refractivity contribution in [3.05, 3.63) is 28.8 Å². The number of benzene rings is 1. The predicted molar refractivity (Wildman–Crippen MR) is 128 cm³/mol. The molecule has 1 aromatic rings. The SMILES string of the molecule is CCCNC(=O)[C@H]1[C@H]2C(=O)N(CCCO)C(C(=O)Nc3c(C)cccc3Cl)C23CC[C@]1(CC)O3. The van der Waals surface area contributed by atoms with E-state index in [0.717, 1.165) is 12.0 Å². The van der Waals surface area contributed by atoms with Crippen LogP contribution in [0.2, 0.25) is 5.02 Å². The fraction of sp³-hybridized carbons (Fsp3) is 0.640. The summed E-state index contributed by atoms with van der Waals surface area (Å²) in [6.07, 6.45) is 2.82. The van der Waals surface area contributed by atoms with Gasteiger partial charge in [-0.1, -0.05) is 37.6 Å². The summed E-state index contributed by atoms with van der Waals surface area (Å²) in [5, 5.41) is 15.7. The summed E-state index contributed by atoms with van der Waals surface area (Å²) < 4.78 is 6.67. The van der Waals surface area contributed by atoms with Crippen LogP contribution >= 0.6 is 11.6 Å². The standard InChI is InChI=1S/C25H34ClN3O5/c1-4-12-27-21(31)17-18-23(33)29(13-7-14-30)20(25(18)11-10-24(17,5-2)34-25)22(32)28-19-15(3)8-6-9-16(19)26/h6,8-9,17-18,20,30H,4-5,7,10-14H2,1-3H3,(H,27,31)(H,28,32)/t17-,18+,20?,24+,25?/m1/s1. The largest absolute Gasteiger partial charge is 0.396 e. The molecule has 2 unspecified atom stereocenters. The smallest absolute Gasteiger partial charge is 0.250 e. The van der Waals surface area contributed by atoms with Gasteiger partial charge in [0.2, 0.25) is 17.7 Å². The fourth-order valence-electron chi connectivity index (χ4n) is 6.24. The molecular weight excluding hydrogens is 458 g/mol. The Hall–Kier alpha value is -2.16. The van der Waals surface area contributed by atoms with Crippen molar-refractivity contribution in [2.24, 2.45) is 11.8 Å². The van der Waals surface area contributed by atoms with E-state index in [1.54, 1.807) is 12.1 Å². The van der Waals surface area contributed by atoms with Gasteiger partial charge >= 0.3 is 0 Å². The molecule has 0 radical (unpaired) electrons. The van der Waals surface area contributed by atoms with Crippen LogP contribution in [0.3, 0.4) is 0 Å². The molecule has 0 saturated carbocycles. The van der Waals surface area contributed by atoms with E-state index in [-0.39, 0.29) is 30.9 Å². The van der Waals surface area contributed by atoms with E-state index in [9.17, 15) is 19.5 Å². The Balaban J connectivity index is 1.74. The number of rotatable bonds is 9. The van der Waals surface area contributed by atoms with Crippen molar-refractivity contribution < 1.29 is 24.2 Å². The highest BCUT2D eigenvalue weighted by atomic mass is 35.5. The minimum absolute atomic E-state index is 0.112. The Morgan fingerprint density at radius 2 is 2.03 bits per heavy atom. The zero-order valence-electron chi connectivity index (χ0n) is 20.0. The van der Waals surface area contributed by atoms with Crippen LogP contribution in [-0.4, -0.2) is 64.7 Å². The number of fused-ring (bicyclic) bond motifs is 1. The van der Waals surface area contributed by atoms with Crippen LogP contribution in [0, 0.1) is 18.8 Å². The van der Waals surface area contributed by atoms with Crippen LogP contribution in [0.15, 0.2) is 18.2 Å². The average molecular weight is 492 g/mol. The molecule has 3 saturated heterocycles. The number of anilines is 1. The van der Waals surface area contributed by atoms with Gasteiger partial charge in [-0.25, -0.2) is 0 Å². The highest BCUT2D eigenvalue weighted by Crippen LogP contribution is 2.64. The second-order valence-electron chi connectivity index (χ2n) is 9.65. The Morgan fingerprint density at radius 1 is 1.26 bits per heavy atom. The summed E-state index contributed by atoms with van der Waals surface area (Å²) >= 11 is 6.36. The highest BCUT2D eigenvalue weighted by molar-refractivity contribution is 6.34. The number of aryl methyl sites for hydroxylation is 1. The molecule has 5 atom stereocenters. The van der Waals surface area contributed by atoms with Crippen molar-refractivity contribution in [1.82, 2.24) is 10.2 Å². The lowest BCUT2D eigenvalue weighted by Gasteiger charge is -2.34. The monoisotopic (exact) mass is 491 g/mol. The Labute approximate surface area is 205 Å². The molecule has 2 bridgehead atoms. The van der Waals surface area contributed by atoms with Crippen LogP contribution in [0.25, 0.3) is 0 Å². The first-order valence-corrected chi connectivity index (χ1v) is 12.6. The Morgan fingerprint density at radius 3 is 2.68 bits per heavy atom. The third-order valence-corrected chi connectivity index (χ3v) is 8.10. The molecule has 186 valence electrons. The minimum atomic E-state index is -1.09. The van der Waals surface area contributed by atoms with Gasteiger partial charge in [-0.05, 0) is 50.7 Å². The maximum Gasteiger partial charge on any atom is 0.250 e. The topological polar surface area (TPSA) is 108 Å². The van der Waals surface area contributed by atoms with Crippen LogP contribution in [0.5, 0.6) is 0 Å². The van der Waals surface area contributed by atoms with Crippen molar-refractivity contribution >= 4 is 35.0 Å². The zero-order chi connectivity index (χ0) is 24.7. The Bertz CT molecular complexity index is 967. The minimum Gasteiger partial charge on any atom is -0.396 e. The summed E-state index contributed by atoms with van der Waals surface area (Å²) in [4.78, 5) is 42.4. The van der Waals surface area contributed by atoms with Crippen molar-refractivity contribution in [2.45, 2.75) is 70.1 Å². The number of hydrogen-bond acceptors (Lipinski definition) is 5. The lowest BCUT2D eigenvalue weighted by molar-refractivity contribution is -0.146. The van der Waals surface area contributed by atoms with Gasteiger partial charge in [-0.15, -0.1) is 0 Å². The number of aliphatic hydroxyl groups is 1. The molecule has 9 heteroatoms. The number of aliphatic hydroxyl groups excluding tert-OH is 1. The molecule has 34 heavy (non-hydrogen) atoms.